The normalized spacial score (nSPS) is 11.8. The maximum absolute atomic E-state index is 6.43. The molecule has 2 heterocycles. The summed E-state index contributed by atoms with van der Waals surface area (Å²) in [5.74, 6) is 1.90. The van der Waals surface area contributed by atoms with Gasteiger partial charge >= 0.3 is 0 Å². The van der Waals surface area contributed by atoms with E-state index in [1.165, 1.54) is 33.0 Å². The van der Waals surface area contributed by atoms with Gasteiger partial charge in [-0.15, -0.1) is 0 Å². The van der Waals surface area contributed by atoms with Crippen LogP contribution < -0.4 is 0 Å². The van der Waals surface area contributed by atoms with Crippen molar-refractivity contribution in [3.05, 3.63) is 188 Å². The summed E-state index contributed by atoms with van der Waals surface area (Å²) in [6.45, 7) is 6.68. The Morgan fingerprint density at radius 3 is 1.49 bits per heavy atom. The van der Waals surface area contributed by atoms with Crippen molar-refractivity contribution < 1.29 is 4.42 Å². The van der Waals surface area contributed by atoms with Gasteiger partial charge in [-0.1, -0.05) is 178 Å². The van der Waals surface area contributed by atoms with Gasteiger partial charge in [-0.05, 0) is 79.4 Å². The third kappa shape index (κ3) is 6.55. The van der Waals surface area contributed by atoms with Crippen LogP contribution in [0.4, 0.5) is 0 Å². The van der Waals surface area contributed by atoms with Gasteiger partial charge < -0.3 is 4.42 Å². The molecule has 0 atom stereocenters. The second-order valence-electron chi connectivity index (χ2n) is 15.7. The first-order chi connectivity index (χ1) is 27.8. The molecule has 0 unspecified atom stereocenters. The van der Waals surface area contributed by atoms with Gasteiger partial charge in [0.1, 0.15) is 11.2 Å². The van der Waals surface area contributed by atoms with Crippen molar-refractivity contribution in [3.63, 3.8) is 0 Å². The molecular weight excluding hydrogens is 695 g/mol. The molecule has 0 amide bonds. The molecule has 0 N–H and O–H groups in total. The summed E-state index contributed by atoms with van der Waals surface area (Å²) >= 11 is 0. The Morgan fingerprint density at radius 2 is 0.877 bits per heavy atom. The van der Waals surface area contributed by atoms with E-state index in [1.54, 1.807) is 0 Å². The van der Waals surface area contributed by atoms with Gasteiger partial charge in [0.15, 0.2) is 17.5 Å². The monoisotopic (exact) mass is 733 g/mol. The lowest BCUT2D eigenvalue weighted by atomic mass is 9.87. The fourth-order valence-corrected chi connectivity index (χ4v) is 7.74. The maximum Gasteiger partial charge on any atom is 0.164 e. The highest BCUT2D eigenvalue weighted by atomic mass is 16.3. The minimum atomic E-state index is 0.0442. The van der Waals surface area contributed by atoms with Crippen LogP contribution in [0.1, 0.15) is 26.3 Å². The molecule has 2 aromatic heterocycles. The van der Waals surface area contributed by atoms with Gasteiger partial charge in [0.2, 0.25) is 0 Å². The molecule has 0 aliphatic carbocycles. The van der Waals surface area contributed by atoms with E-state index >= 15 is 0 Å². The third-order valence-corrected chi connectivity index (χ3v) is 10.9. The van der Waals surface area contributed by atoms with Crippen LogP contribution in [0.5, 0.6) is 0 Å². The number of aromatic nitrogens is 3. The second-order valence-corrected chi connectivity index (χ2v) is 15.7. The summed E-state index contributed by atoms with van der Waals surface area (Å²) in [4.78, 5) is 15.2. The van der Waals surface area contributed by atoms with Crippen molar-refractivity contribution in [1.82, 2.24) is 15.0 Å². The number of rotatable bonds is 6. The van der Waals surface area contributed by atoms with Crippen LogP contribution in [0.2, 0.25) is 0 Å². The topological polar surface area (TPSA) is 51.8 Å². The number of hydrogen-bond donors (Lipinski definition) is 0. The second kappa shape index (κ2) is 13.8. The Labute approximate surface area is 332 Å². The minimum absolute atomic E-state index is 0.0442. The first-order valence-electron chi connectivity index (χ1n) is 19.4. The van der Waals surface area contributed by atoms with Gasteiger partial charge in [-0.25, -0.2) is 15.0 Å². The summed E-state index contributed by atoms with van der Waals surface area (Å²) in [5, 5.41) is 4.70. The van der Waals surface area contributed by atoms with Crippen LogP contribution in [0.25, 0.3) is 100 Å². The molecule has 0 saturated heterocycles. The van der Waals surface area contributed by atoms with E-state index in [1.807, 2.05) is 12.1 Å². The number of fused-ring (bicyclic) bond motifs is 4. The van der Waals surface area contributed by atoms with Crippen molar-refractivity contribution in [2.45, 2.75) is 26.2 Å². The molecule has 10 aromatic rings. The van der Waals surface area contributed by atoms with Crippen LogP contribution in [-0.4, -0.2) is 15.0 Å². The standard InChI is InChI=1S/C53H39N3O/c1-53(2,3)44-29-26-40(27-30-44)52-55-50(38-21-16-35(17-22-38)42-25-20-34-10-7-8-13-41(34)32-42)54-51(56-52)39-23-18-36(19-24-39)43-28-31-46-48(33-43)57-47-15-9-14-45(49(46)47)37-11-5-4-6-12-37/h4-33H,1-3H3. The van der Waals surface area contributed by atoms with Gasteiger partial charge in [0.05, 0.1) is 0 Å². The largest absolute Gasteiger partial charge is 0.456 e. The first-order valence-corrected chi connectivity index (χ1v) is 19.4. The quantitative estimate of drug-likeness (QED) is 0.171. The lowest BCUT2D eigenvalue weighted by molar-refractivity contribution is 0.590. The third-order valence-electron chi connectivity index (χ3n) is 10.9. The number of hydrogen-bond acceptors (Lipinski definition) is 4. The molecule has 0 aliphatic heterocycles. The number of benzene rings is 8. The van der Waals surface area contributed by atoms with Crippen LogP contribution in [0.3, 0.4) is 0 Å². The summed E-state index contributed by atoms with van der Waals surface area (Å²) in [7, 11) is 0. The SMILES string of the molecule is CC(C)(C)c1ccc(-c2nc(-c3ccc(-c4ccc5ccccc5c4)cc3)nc(-c3ccc(-c4ccc5c(c4)oc4cccc(-c6ccccc6)c45)cc3)n2)cc1. The lowest BCUT2D eigenvalue weighted by Crippen LogP contribution is -2.10. The van der Waals surface area contributed by atoms with Crippen molar-refractivity contribution in [2.24, 2.45) is 0 Å². The van der Waals surface area contributed by atoms with Crippen LogP contribution in [-0.2, 0) is 5.41 Å². The Kier molecular flexibility index (Phi) is 8.34. The smallest absolute Gasteiger partial charge is 0.164 e. The molecule has 4 nitrogen and oxygen atoms in total. The molecule has 4 heteroatoms. The average molecular weight is 734 g/mol. The fourth-order valence-electron chi connectivity index (χ4n) is 7.74. The number of nitrogens with zero attached hydrogens (tertiary/aromatic N) is 3. The Morgan fingerprint density at radius 1 is 0.368 bits per heavy atom. The maximum atomic E-state index is 6.43. The van der Waals surface area contributed by atoms with Crippen LogP contribution in [0.15, 0.2) is 186 Å². The zero-order chi connectivity index (χ0) is 38.5. The van der Waals surface area contributed by atoms with Crippen molar-refractivity contribution >= 4 is 32.7 Å². The van der Waals surface area contributed by atoms with E-state index < -0.39 is 0 Å². The summed E-state index contributed by atoms with van der Waals surface area (Å²) < 4.78 is 6.43. The van der Waals surface area contributed by atoms with E-state index in [4.69, 9.17) is 19.4 Å². The molecule has 0 saturated carbocycles. The van der Waals surface area contributed by atoms with Gasteiger partial charge in [0, 0.05) is 27.5 Å². The molecule has 57 heavy (non-hydrogen) atoms. The Bertz CT molecular complexity index is 3070. The highest BCUT2D eigenvalue weighted by Crippen LogP contribution is 2.39. The Hall–Kier alpha value is -7.17. The minimum Gasteiger partial charge on any atom is -0.456 e. The molecule has 0 radical (unpaired) electrons. The molecule has 272 valence electrons. The summed E-state index contributed by atoms with van der Waals surface area (Å²) in [5.41, 5.74) is 12.7. The molecule has 8 aromatic carbocycles. The molecule has 0 aliphatic rings. The van der Waals surface area contributed by atoms with Gasteiger partial charge in [-0.2, -0.15) is 0 Å². The molecule has 0 bridgehead atoms. The zero-order valence-electron chi connectivity index (χ0n) is 32.1. The Balaban J connectivity index is 1.01. The van der Waals surface area contributed by atoms with E-state index in [-0.39, 0.29) is 5.41 Å². The van der Waals surface area contributed by atoms with Crippen molar-refractivity contribution in [3.8, 4) is 67.5 Å². The van der Waals surface area contributed by atoms with Crippen LogP contribution in [0, 0.1) is 0 Å². The summed E-state index contributed by atoms with van der Waals surface area (Å²) in [6.07, 6.45) is 0. The van der Waals surface area contributed by atoms with Gasteiger partial charge in [-0.3, -0.25) is 0 Å². The van der Waals surface area contributed by atoms with Gasteiger partial charge in [0.25, 0.3) is 0 Å². The van der Waals surface area contributed by atoms with E-state index in [9.17, 15) is 0 Å². The average Bonchev–Trinajstić information content (AvgIpc) is 3.64. The van der Waals surface area contributed by atoms with Crippen LogP contribution >= 0.6 is 0 Å². The zero-order valence-corrected chi connectivity index (χ0v) is 32.1. The molecule has 0 spiro atoms. The predicted octanol–water partition coefficient (Wildman–Crippen LogP) is 14.2. The highest BCUT2D eigenvalue weighted by molar-refractivity contribution is 6.13. The summed E-state index contributed by atoms with van der Waals surface area (Å²) in [6, 6.07) is 63.9. The molecular formula is C53H39N3O. The highest BCUT2D eigenvalue weighted by Gasteiger charge is 2.17. The van der Waals surface area contributed by atoms with E-state index in [2.05, 4.69) is 191 Å². The lowest BCUT2D eigenvalue weighted by Gasteiger charge is -2.19. The van der Waals surface area contributed by atoms with Crippen molar-refractivity contribution in [1.29, 1.82) is 0 Å². The molecule has 0 fully saturated rings. The van der Waals surface area contributed by atoms with E-state index in [0.717, 1.165) is 55.3 Å². The molecule has 10 rings (SSSR count). The predicted molar refractivity (Wildman–Crippen MR) is 236 cm³/mol. The number of furan rings is 1. The van der Waals surface area contributed by atoms with E-state index in [0.29, 0.717) is 17.5 Å². The van der Waals surface area contributed by atoms with Crippen molar-refractivity contribution in [2.75, 3.05) is 0 Å². The fraction of sp³-hybridized carbons (Fsp3) is 0.0755. The first kappa shape index (κ1) is 34.3.